The second kappa shape index (κ2) is 7.06. The number of methoxy groups -OCH3 is 2. The smallest absolute Gasteiger partial charge is 0.341 e. The van der Waals surface area contributed by atoms with E-state index >= 15 is 0 Å². The molecule has 0 bridgehead atoms. The maximum atomic E-state index is 12.0. The van der Waals surface area contributed by atoms with Crippen molar-refractivity contribution >= 4 is 49.0 Å². The standard InChI is InChI=1S/C16H16N2O4S2/c1-4-22-15(19)10-5-6-23-14(10)18-16-17-13-11(21-3)7-9(20-2)8-12(13)24-16/h5-8H,4H2,1-3H3,(H,17,18). The van der Waals surface area contributed by atoms with Crippen LogP contribution in [0.5, 0.6) is 11.5 Å². The molecule has 3 rings (SSSR count). The molecule has 0 radical (unpaired) electrons. The summed E-state index contributed by atoms with van der Waals surface area (Å²) in [5.41, 5.74) is 1.26. The van der Waals surface area contributed by atoms with E-state index in [1.807, 2.05) is 11.4 Å². The summed E-state index contributed by atoms with van der Waals surface area (Å²) >= 11 is 2.89. The topological polar surface area (TPSA) is 69.7 Å². The molecule has 1 aromatic carbocycles. The Morgan fingerprint density at radius 1 is 1.29 bits per heavy atom. The second-order valence-electron chi connectivity index (χ2n) is 4.70. The lowest BCUT2D eigenvalue weighted by molar-refractivity contribution is 0.0528. The molecule has 126 valence electrons. The number of nitrogens with zero attached hydrogens (tertiary/aromatic N) is 1. The van der Waals surface area contributed by atoms with E-state index in [9.17, 15) is 4.79 Å². The summed E-state index contributed by atoms with van der Waals surface area (Å²) in [5, 5.41) is 6.42. The van der Waals surface area contributed by atoms with Crippen LogP contribution in [-0.4, -0.2) is 31.8 Å². The fraction of sp³-hybridized carbons (Fsp3) is 0.250. The molecule has 24 heavy (non-hydrogen) atoms. The number of esters is 1. The van der Waals surface area contributed by atoms with Crippen LogP contribution in [0.4, 0.5) is 10.1 Å². The molecule has 1 N–H and O–H groups in total. The molecular formula is C16H16N2O4S2. The summed E-state index contributed by atoms with van der Waals surface area (Å²) in [6.07, 6.45) is 0. The first-order chi connectivity index (χ1) is 11.7. The van der Waals surface area contributed by atoms with Crippen LogP contribution in [0, 0.1) is 0 Å². The number of ether oxygens (including phenoxy) is 3. The van der Waals surface area contributed by atoms with Gasteiger partial charge in [0.25, 0.3) is 0 Å². The predicted octanol–water partition coefficient (Wildman–Crippen LogP) is 4.30. The molecule has 8 heteroatoms. The molecule has 0 aliphatic rings. The Hall–Kier alpha value is -2.32. The van der Waals surface area contributed by atoms with Gasteiger partial charge in [-0.1, -0.05) is 11.3 Å². The van der Waals surface area contributed by atoms with Crippen LogP contribution in [0.3, 0.4) is 0 Å². The van der Waals surface area contributed by atoms with E-state index in [-0.39, 0.29) is 5.97 Å². The van der Waals surface area contributed by atoms with E-state index in [1.54, 1.807) is 33.3 Å². The molecule has 0 unspecified atom stereocenters. The maximum absolute atomic E-state index is 12.0. The zero-order valence-electron chi connectivity index (χ0n) is 13.4. The summed E-state index contributed by atoms with van der Waals surface area (Å²) in [7, 11) is 3.21. The summed E-state index contributed by atoms with van der Waals surface area (Å²) in [5.74, 6) is 1.00. The third-order valence-electron chi connectivity index (χ3n) is 3.27. The van der Waals surface area contributed by atoms with Crippen molar-refractivity contribution in [1.82, 2.24) is 4.98 Å². The van der Waals surface area contributed by atoms with Gasteiger partial charge in [0, 0.05) is 6.07 Å². The van der Waals surface area contributed by atoms with Gasteiger partial charge in [0.2, 0.25) is 0 Å². The highest BCUT2D eigenvalue weighted by atomic mass is 32.1. The first-order valence-electron chi connectivity index (χ1n) is 7.20. The summed E-state index contributed by atoms with van der Waals surface area (Å²) < 4.78 is 16.7. The van der Waals surface area contributed by atoms with Gasteiger partial charge in [-0.3, -0.25) is 0 Å². The molecule has 2 aromatic heterocycles. The van der Waals surface area contributed by atoms with Crippen molar-refractivity contribution in [3.05, 3.63) is 29.1 Å². The third kappa shape index (κ3) is 3.15. The Morgan fingerprint density at radius 3 is 2.83 bits per heavy atom. The highest BCUT2D eigenvalue weighted by Gasteiger charge is 2.17. The van der Waals surface area contributed by atoms with Crippen LogP contribution in [0.25, 0.3) is 10.2 Å². The van der Waals surface area contributed by atoms with Crippen LogP contribution < -0.4 is 14.8 Å². The molecular weight excluding hydrogens is 348 g/mol. The lowest BCUT2D eigenvalue weighted by atomic mass is 10.3. The molecule has 0 aliphatic carbocycles. The molecule has 2 heterocycles. The van der Waals surface area contributed by atoms with E-state index in [0.29, 0.717) is 33.8 Å². The van der Waals surface area contributed by atoms with Crippen molar-refractivity contribution in [1.29, 1.82) is 0 Å². The Bertz CT molecular complexity index is 872. The number of nitrogens with one attached hydrogen (secondary N) is 1. The quantitative estimate of drug-likeness (QED) is 0.658. The molecule has 0 spiro atoms. The number of thiophene rings is 1. The van der Waals surface area contributed by atoms with E-state index < -0.39 is 0 Å². The monoisotopic (exact) mass is 364 g/mol. The van der Waals surface area contributed by atoms with Gasteiger partial charge in [0.05, 0.1) is 31.1 Å². The van der Waals surface area contributed by atoms with Gasteiger partial charge in [-0.2, -0.15) is 0 Å². The normalized spacial score (nSPS) is 10.6. The fourth-order valence-corrected chi connectivity index (χ4v) is 3.93. The molecule has 3 aromatic rings. The number of fused-ring (bicyclic) bond motifs is 1. The van der Waals surface area contributed by atoms with E-state index in [2.05, 4.69) is 10.3 Å². The molecule has 0 atom stereocenters. The van der Waals surface area contributed by atoms with Crippen LogP contribution in [0.1, 0.15) is 17.3 Å². The van der Waals surface area contributed by atoms with Crippen molar-refractivity contribution < 1.29 is 19.0 Å². The summed E-state index contributed by atoms with van der Waals surface area (Å²) in [6, 6.07) is 5.43. The van der Waals surface area contributed by atoms with Gasteiger partial charge in [-0.05, 0) is 24.4 Å². The second-order valence-corrected chi connectivity index (χ2v) is 6.65. The first kappa shape index (κ1) is 16.5. The maximum Gasteiger partial charge on any atom is 0.341 e. The van der Waals surface area contributed by atoms with Crippen molar-refractivity contribution in [2.24, 2.45) is 0 Å². The summed E-state index contributed by atoms with van der Waals surface area (Å²) in [4.78, 5) is 16.5. The lowest BCUT2D eigenvalue weighted by Crippen LogP contribution is -2.05. The average molecular weight is 364 g/mol. The van der Waals surface area contributed by atoms with E-state index in [4.69, 9.17) is 14.2 Å². The number of carbonyl (C=O) groups is 1. The number of hydrogen-bond donors (Lipinski definition) is 1. The molecule has 0 fully saturated rings. The molecule has 0 saturated heterocycles. The molecule has 0 amide bonds. The first-order valence-corrected chi connectivity index (χ1v) is 8.90. The summed E-state index contributed by atoms with van der Waals surface area (Å²) in [6.45, 7) is 2.12. The van der Waals surface area contributed by atoms with Gasteiger partial charge < -0.3 is 19.5 Å². The van der Waals surface area contributed by atoms with Gasteiger partial charge >= 0.3 is 5.97 Å². The number of anilines is 2. The number of rotatable bonds is 6. The number of carbonyl (C=O) groups excluding carboxylic acids is 1. The Morgan fingerprint density at radius 2 is 2.12 bits per heavy atom. The highest BCUT2D eigenvalue weighted by Crippen LogP contribution is 2.38. The largest absolute Gasteiger partial charge is 0.497 e. The Labute approximate surface area is 147 Å². The SMILES string of the molecule is CCOC(=O)c1ccsc1Nc1nc2c(OC)cc(OC)cc2s1. The number of thiazole rings is 1. The molecule has 0 saturated carbocycles. The molecule has 0 aliphatic heterocycles. The van der Waals surface area contributed by atoms with Crippen LogP contribution in [0.15, 0.2) is 23.6 Å². The van der Waals surface area contributed by atoms with E-state index in [0.717, 1.165) is 10.2 Å². The van der Waals surface area contributed by atoms with Crippen LogP contribution >= 0.6 is 22.7 Å². The van der Waals surface area contributed by atoms with Gasteiger partial charge in [0.15, 0.2) is 5.13 Å². The average Bonchev–Trinajstić information content (AvgIpc) is 3.20. The van der Waals surface area contributed by atoms with Crippen LogP contribution in [0.2, 0.25) is 0 Å². The van der Waals surface area contributed by atoms with Crippen molar-refractivity contribution in [2.75, 3.05) is 26.1 Å². The zero-order valence-corrected chi connectivity index (χ0v) is 15.0. The Kier molecular flexibility index (Phi) is 4.86. The van der Waals surface area contributed by atoms with Crippen molar-refractivity contribution in [2.45, 2.75) is 6.92 Å². The minimum atomic E-state index is -0.346. The molecule has 6 nitrogen and oxygen atoms in total. The lowest BCUT2D eigenvalue weighted by Gasteiger charge is -2.04. The van der Waals surface area contributed by atoms with Crippen molar-refractivity contribution in [3.63, 3.8) is 0 Å². The number of benzene rings is 1. The Balaban J connectivity index is 1.94. The van der Waals surface area contributed by atoms with Crippen LogP contribution in [-0.2, 0) is 4.74 Å². The minimum absolute atomic E-state index is 0.340. The predicted molar refractivity (Wildman–Crippen MR) is 96.3 cm³/mol. The third-order valence-corrected chi connectivity index (χ3v) is 5.02. The fourth-order valence-electron chi connectivity index (χ4n) is 2.17. The van der Waals surface area contributed by atoms with Gasteiger partial charge in [-0.25, -0.2) is 9.78 Å². The van der Waals surface area contributed by atoms with Gasteiger partial charge in [-0.15, -0.1) is 11.3 Å². The van der Waals surface area contributed by atoms with Gasteiger partial charge in [0.1, 0.15) is 22.0 Å². The number of aromatic nitrogens is 1. The van der Waals surface area contributed by atoms with E-state index in [1.165, 1.54) is 22.7 Å². The zero-order chi connectivity index (χ0) is 17.1. The highest BCUT2D eigenvalue weighted by molar-refractivity contribution is 7.22. The number of hydrogen-bond acceptors (Lipinski definition) is 8. The minimum Gasteiger partial charge on any atom is -0.497 e. The van der Waals surface area contributed by atoms with Crippen molar-refractivity contribution in [3.8, 4) is 11.5 Å².